The molecule has 1 saturated heterocycles. The number of rotatable bonds is 6. The second kappa shape index (κ2) is 9.51. The molecule has 4 heterocycles. The Balaban J connectivity index is 1.59. The number of hydrogen-bond donors (Lipinski definition) is 2. The molecule has 2 aromatic heterocycles. The van der Waals surface area contributed by atoms with Gasteiger partial charge in [0.2, 0.25) is 12.3 Å². The van der Waals surface area contributed by atoms with Crippen molar-refractivity contribution in [3.05, 3.63) is 54.5 Å². The minimum Gasteiger partial charge on any atom is -0.438 e. The van der Waals surface area contributed by atoms with Crippen LogP contribution in [0.15, 0.2) is 48.9 Å². The summed E-state index contributed by atoms with van der Waals surface area (Å²) >= 11 is 0. The van der Waals surface area contributed by atoms with Crippen molar-refractivity contribution in [2.24, 2.45) is 0 Å². The first-order chi connectivity index (χ1) is 16.2. The number of nitrogens with zero attached hydrogens (tertiary/aromatic N) is 4. The number of hydrogen-bond acceptors (Lipinski definition) is 7. The van der Waals surface area contributed by atoms with Crippen molar-refractivity contribution < 1.29 is 14.6 Å². The Morgan fingerprint density at radius 2 is 2.00 bits per heavy atom. The first-order valence-corrected chi connectivity index (χ1v) is 11.6. The van der Waals surface area contributed by atoms with Gasteiger partial charge in [-0.15, -0.1) is 0 Å². The van der Waals surface area contributed by atoms with E-state index in [9.17, 15) is 5.11 Å². The SMILES string of the molecule is COC(O)N1c2ccc(-c3cnn(C4CCNCC4)c3)c(Oc3ccccn3)c2CC[C@@H]1C. The molecule has 0 amide bonds. The van der Waals surface area contributed by atoms with Crippen molar-refractivity contribution in [3.8, 4) is 22.8 Å². The van der Waals surface area contributed by atoms with Crippen LogP contribution in [0, 0.1) is 0 Å². The number of aliphatic hydroxyl groups is 1. The van der Waals surface area contributed by atoms with E-state index in [1.165, 1.54) is 7.11 Å². The van der Waals surface area contributed by atoms with Gasteiger partial charge in [-0.3, -0.25) is 4.68 Å². The fraction of sp³-hybridized carbons (Fsp3) is 0.440. The van der Waals surface area contributed by atoms with Crippen LogP contribution >= 0.6 is 0 Å². The fourth-order valence-electron chi connectivity index (χ4n) is 4.88. The summed E-state index contributed by atoms with van der Waals surface area (Å²) in [5.41, 5.74) is 3.95. The summed E-state index contributed by atoms with van der Waals surface area (Å²) in [7, 11) is 1.51. The molecule has 2 N–H and O–H groups in total. The van der Waals surface area contributed by atoms with Gasteiger partial charge < -0.3 is 24.8 Å². The van der Waals surface area contributed by atoms with E-state index in [1.54, 1.807) is 6.20 Å². The molecule has 3 aromatic rings. The Morgan fingerprint density at radius 1 is 1.15 bits per heavy atom. The molecule has 5 rings (SSSR count). The van der Waals surface area contributed by atoms with E-state index in [1.807, 2.05) is 35.4 Å². The quantitative estimate of drug-likeness (QED) is 0.555. The smallest absolute Gasteiger partial charge is 0.237 e. The number of anilines is 1. The predicted octanol–water partition coefficient (Wildman–Crippen LogP) is 3.73. The Bertz CT molecular complexity index is 1080. The van der Waals surface area contributed by atoms with Crippen LogP contribution in [-0.2, 0) is 11.2 Å². The van der Waals surface area contributed by atoms with Crippen LogP contribution in [0.5, 0.6) is 11.6 Å². The third-order valence-electron chi connectivity index (χ3n) is 6.69. The highest BCUT2D eigenvalue weighted by Gasteiger charge is 2.32. The zero-order valence-electron chi connectivity index (χ0n) is 19.1. The lowest BCUT2D eigenvalue weighted by atomic mass is 9.92. The van der Waals surface area contributed by atoms with Gasteiger partial charge in [0.25, 0.3) is 0 Å². The van der Waals surface area contributed by atoms with Crippen molar-refractivity contribution in [3.63, 3.8) is 0 Å². The third-order valence-corrected chi connectivity index (χ3v) is 6.69. The van der Waals surface area contributed by atoms with Crippen LogP contribution in [0.25, 0.3) is 11.1 Å². The molecule has 1 unspecified atom stereocenters. The highest BCUT2D eigenvalue weighted by molar-refractivity contribution is 5.78. The molecule has 1 fully saturated rings. The molecular formula is C25H31N5O3. The van der Waals surface area contributed by atoms with Crippen LogP contribution in [-0.4, -0.2) is 52.5 Å². The van der Waals surface area contributed by atoms with E-state index < -0.39 is 6.41 Å². The number of benzene rings is 1. The van der Waals surface area contributed by atoms with E-state index in [4.69, 9.17) is 14.6 Å². The summed E-state index contributed by atoms with van der Waals surface area (Å²) < 4.78 is 13.8. The lowest BCUT2D eigenvalue weighted by molar-refractivity contribution is -0.0795. The average Bonchev–Trinajstić information content (AvgIpc) is 3.35. The van der Waals surface area contributed by atoms with Crippen LogP contribution < -0.4 is 15.0 Å². The van der Waals surface area contributed by atoms with E-state index in [2.05, 4.69) is 34.2 Å². The van der Waals surface area contributed by atoms with Gasteiger partial charge in [0.1, 0.15) is 5.75 Å². The number of pyridine rings is 1. The molecule has 8 nitrogen and oxygen atoms in total. The van der Waals surface area contributed by atoms with Crippen molar-refractivity contribution >= 4 is 5.69 Å². The molecule has 8 heteroatoms. The highest BCUT2D eigenvalue weighted by Crippen LogP contribution is 2.45. The second-order valence-corrected chi connectivity index (χ2v) is 8.76. The van der Waals surface area contributed by atoms with E-state index in [0.29, 0.717) is 11.9 Å². The van der Waals surface area contributed by atoms with Crippen molar-refractivity contribution in [1.82, 2.24) is 20.1 Å². The van der Waals surface area contributed by atoms with Gasteiger partial charge in [-0.05, 0) is 63.9 Å². The second-order valence-electron chi connectivity index (χ2n) is 8.76. The number of aromatic nitrogens is 3. The average molecular weight is 450 g/mol. The predicted molar refractivity (Wildman–Crippen MR) is 126 cm³/mol. The Kier molecular flexibility index (Phi) is 6.30. The van der Waals surface area contributed by atoms with Crippen molar-refractivity contribution in [1.29, 1.82) is 0 Å². The number of methoxy groups -OCH3 is 1. The monoisotopic (exact) mass is 449 g/mol. The molecule has 0 saturated carbocycles. The lowest BCUT2D eigenvalue weighted by Gasteiger charge is -2.40. The van der Waals surface area contributed by atoms with Gasteiger partial charge in [-0.1, -0.05) is 6.07 Å². The minimum absolute atomic E-state index is 0.142. The van der Waals surface area contributed by atoms with Gasteiger partial charge in [0.05, 0.1) is 12.2 Å². The topological polar surface area (TPSA) is 84.7 Å². The summed E-state index contributed by atoms with van der Waals surface area (Å²) in [4.78, 5) is 6.29. The van der Waals surface area contributed by atoms with Gasteiger partial charge in [-0.25, -0.2) is 4.98 Å². The number of aliphatic hydroxyl groups excluding tert-OH is 1. The molecule has 0 bridgehead atoms. The normalized spacial score (nSPS) is 19.8. The largest absolute Gasteiger partial charge is 0.438 e. The highest BCUT2D eigenvalue weighted by atomic mass is 16.6. The fourth-order valence-corrected chi connectivity index (χ4v) is 4.88. The van der Waals surface area contributed by atoms with Gasteiger partial charge in [0, 0.05) is 54.0 Å². The number of piperidine rings is 1. The maximum Gasteiger partial charge on any atom is 0.237 e. The maximum absolute atomic E-state index is 10.5. The van der Waals surface area contributed by atoms with Gasteiger partial charge >= 0.3 is 0 Å². The molecule has 0 radical (unpaired) electrons. The summed E-state index contributed by atoms with van der Waals surface area (Å²) in [6.45, 7) is 4.13. The summed E-state index contributed by atoms with van der Waals surface area (Å²) in [6.07, 6.45) is 8.61. The summed E-state index contributed by atoms with van der Waals surface area (Å²) in [5, 5.41) is 18.7. The molecule has 2 aliphatic heterocycles. The van der Waals surface area contributed by atoms with Crippen LogP contribution in [0.4, 0.5) is 5.69 Å². The number of fused-ring (bicyclic) bond motifs is 1. The van der Waals surface area contributed by atoms with Crippen LogP contribution in [0.2, 0.25) is 0 Å². The van der Waals surface area contributed by atoms with E-state index in [-0.39, 0.29) is 6.04 Å². The molecule has 174 valence electrons. The lowest BCUT2D eigenvalue weighted by Crippen LogP contribution is -2.46. The van der Waals surface area contributed by atoms with Gasteiger partial charge in [-0.2, -0.15) is 5.10 Å². The van der Waals surface area contributed by atoms with Crippen molar-refractivity contribution in [2.75, 3.05) is 25.1 Å². The molecule has 0 spiro atoms. The van der Waals surface area contributed by atoms with E-state index in [0.717, 1.165) is 66.9 Å². The Hall–Kier alpha value is -2.94. The molecule has 33 heavy (non-hydrogen) atoms. The molecule has 0 aliphatic carbocycles. The zero-order valence-corrected chi connectivity index (χ0v) is 19.1. The first kappa shape index (κ1) is 21.9. The van der Waals surface area contributed by atoms with Crippen molar-refractivity contribution in [2.45, 2.75) is 51.1 Å². The third kappa shape index (κ3) is 4.34. The van der Waals surface area contributed by atoms with Crippen LogP contribution in [0.1, 0.15) is 37.8 Å². The zero-order chi connectivity index (χ0) is 22.8. The number of nitrogens with one attached hydrogen (secondary N) is 1. The van der Waals surface area contributed by atoms with Gasteiger partial charge in [0.15, 0.2) is 0 Å². The summed E-state index contributed by atoms with van der Waals surface area (Å²) in [6, 6.07) is 10.3. The molecule has 2 atom stereocenters. The minimum atomic E-state index is -1.02. The van der Waals surface area contributed by atoms with Crippen LogP contribution in [0.3, 0.4) is 0 Å². The maximum atomic E-state index is 10.5. The Labute approximate surface area is 194 Å². The standard InChI is InChI=1S/C25H31N5O3/c1-17-6-7-21-22(30(17)25(31)32-2)9-8-20(24(21)33-23-5-3-4-12-27-23)18-15-28-29(16-18)19-10-13-26-14-11-19/h3-5,8-9,12,15-17,19,25-26,31H,6-7,10-11,13-14H2,1-2H3/t17-,25?/m0/s1. The summed E-state index contributed by atoms with van der Waals surface area (Å²) in [5.74, 6) is 1.30. The Morgan fingerprint density at radius 3 is 2.76 bits per heavy atom. The van der Waals surface area contributed by atoms with E-state index >= 15 is 0 Å². The molecular weight excluding hydrogens is 418 g/mol. The first-order valence-electron chi connectivity index (χ1n) is 11.6. The molecule has 2 aliphatic rings. The number of ether oxygens (including phenoxy) is 2. The molecule has 1 aromatic carbocycles.